The summed E-state index contributed by atoms with van der Waals surface area (Å²) in [6.07, 6.45) is 5.72. The van der Waals surface area contributed by atoms with Crippen LogP contribution in [-0.4, -0.2) is 18.7 Å². The van der Waals surface area contributed by atoms with Crippen LogP contribution in [0.1, 0.15) is 72.4 Å². The Morgan fingerprint density at radius 3 is 1.89 bits per heavy atom. The van der Waals surface area contributed by atoms with Crippen molar-refractivity contribution >= 4 is 32.8 Å². The molecular formula is C64H52N4OPt-2. The molecule has 12 rings (SSSR count). The third kappa shape index (κ3) is 7.78. The summed E-state index contributed by atoms with van der Waals surface area (Å²) in [5, 5.41) is 1.96. The van der Waals surface area contributed by atoms with Gasteiger partial charge in [0.2, 0.25) is 0 Å². The zero-order valence-electron chi connectivity index (χ0n) is 42.3. The topological polar surface area (TPSA) is 36.9 Å². The molecule has 0 saturated carbocycles. The van der Waals surface area contributed by atoms with Gasteiger partial charge in [0.25, 0.3) is 0 Å². The fraction of sp³-hybridized carbons (Fsp3) is 0.156. The summed E-state index contributed by atoms with van der Waals surface area (Å²) in [7, 11) is 0. The van der Waals surface area contributed by atoms with Crippen LogP contribution in [0.4, 0.5) is 0 Å². The van der Waals surface area contributed by atoms with E-state index >= 15 is 0 Å². The molecule has 0 bridgehead atoms. The Balaban J connectivity index is 0.993. The standard InChI is InChI=1S/C64H52N4O.Pt/c1-43-36-62(65-41-56(43)46-24-12-7-13-25-46)68-58-29-17-15-27-51(58)52-35-34-50(40-61(52)68)69-49-33-32-47-26-14-16-28-57(53(47)39-49)66-42-67(60-31-19-18-30-59(60)66)63-54(44-20-8-5-9-21-44)37-48(64(2,3)4)38-55(63)45-22-10-6-11-23-45;/h5-13,15,17-25,27,29-38,41,57H,14,16,26,28H2,1-4H3;/q-2;/i1D3;. The Hall–Kier alpha value is -7.33. The van der Waals surface area contributed by atoms with E-state index in [1.165, 1.54) is 33.4 Å². The molecule has 70 heavy (non-hydrogen) atoms. The van der Waals surface area contributed by atoms with Gasteiger partial charge in [-0.1, -0.05) is 48.5 Å². The molecule has 1 aliphatic rings. The fourth-order valence-corrected chi connectivity index (χ4v) is 11.6. The maximum absolute atomic E-state index is 8.58. The van der Waals surface area contributed by atoms with Gasteiger partial charge < -0.3 is 0 Å². The maximum atomic E-state index is 8.58. The second kappa shape index (κ2) is 17.9. The van der Waals surface area contributed by atoms with Gasteiger partial charge in [-0.3, -0.25) is 0 Å². The number of hydrogen-bond donors (Lipinski definition) is 0. The molecule has 0 fully saturated rings. The first-order chi connectivity index (χ1) is 35.4. The van der Waals surface area contributed by atoms with E-state index in [2.05, 4.69) is 177 Å². The van der Waals surface area contributed by atoms with Crippen molar-refractivity contribution in [1.82, 2.24) is 18.7 Å². The number of imidazole rings is 1. The van der Waals surface area contributed by atoms with E-state index in [1.807, 2.05) is 65.2 Å². The van der Waals surface area contributed by atoms with Crippen LogP contribution in [0.3, 0.4) is 0 Å². The monoisotopic (exact) mass is 1090 g/mol. The molecule has 1 unspecified atom stereocenters. The molecule has 0 N–H and O–H groups in total. The number of aromatic nitrogens is 4. The van der Waals surface area contributed by atoms with Gasteiger partial charge >= 0.3 is 328 Å². The SMILES string of the molecule is [2H]C([2H])([2H])c1cc(-n2c3[c-]c(Oc4[c-]c5c(cc4)CCCCC5n4[c](=[Pt])n(-c5c(-c6ccccc6)cc(C(C)(C)C)cc5-c5ccccc5)c5ccccc54)ccc3c3ccccc32)ncc1-c1ccccc1. The molecule has 0 radical (unpaired) electrons. The number of ether oxygens (including phenoxy) is 1. The Bertz CT molecular complexity index is 3880. The third-order valence-electron chi connectivity index (χ3n) is 13.9. The summed E-state index contributed by atoms with van der Waals surface area (Å²) >= 11 is 2.58. The molecule has 0 aliphatic heterocycles. The van der Waals surface area contributed by atoms with Crippen LogP contribution in [0.15, 0.2) is 188 Å². The molecule has 11 aromatic rings. The second-order valence-electron chi connectivity index (χ2n) is 19.4. The summed E-state index contributed by atoms with van der Waals surface area (Å²) in [6.45, 7) is 4.51. The minimum absolute atomic E-state index is 0.0276. The first-order valence-corrected chi connectivity index (χ1v) is 25.3. The Kier molecular flexibility index (Phi) is 10.4. The van der Waals surface area contributed by atoms with Gasteiger partial charge in [0.1, 0.15) is 0 Å². The number of rotatable bonds is 8. The Morgan fingerprint density at radius 1 is 0.614 bits per heavy atom. The van der Waals surface area contributed by atoms with Gasteiger partial charge in [-0.2, -0.15) is 0 Å². The number of para-hydroxylation sites is 3. The van der Waals surface area contributed by atoms with E-state index in [9.17, 15) is 0 Å². The van der Waals surface area contributed by atoms with Gasteiger partial charge in [-0.25, -0.2) is 4.98 Å². The second-order valence-corrected chi connectivity index (χ2v) is 20.4. The van der Waals surface area contributed by atoms with Crippen LogP contribution in [0.25, 0.3) is 77.7 Å². The summed E-state index contributed by atoms with van der Waals surface area (Å²) < 4.78 is 40.7. The number of benzene rings is 8. The number of pyridine rings is 1. The van der Waals surface area contributed by atoms with Crippen LogP contribution >= 0.6 is 0 Å². The van der Waals surface area contributed by atoms with E-state index in [0.717, 1.165) is 79.1 Å². The van der Waals surface area contributed by atoms with E-state index in [1.54, 1.807) is 12.3 Å². The number of fused-ring (bicyclic) bond motifs is 5. The number of hydrogen-bond acceptors (Lipinski definition) is 2. The van der Waals surface area contributed by atoms with Gasteiger partial charge in [0, 0.05) is 15.9 Å². The summed E-state index contributed by atoms with van der Waals surface area (Å²) in [5.74, 6) is 1.62. The molecule has 3 heterocycles. The van der Waals surface area contributed by atoms with E-state index in [0.29, 0.717) is 22.9 Å². The summed E-state index contributed by atoms with van der Waals surface area (Å²) in [4.78, 5) is 4.92. The van der Waals surface area contributed by atoms with E-state index in [4.69, 9.17) is 13.8 Å². The predicted molar refractivity (Wildman–Crippen MR) is 283 cm³/mol. The average Bonchev–Trinajstić information content (AvgIpc) is 3.79. The first kappa shape index (κ1) is 40.5. The van der Waals surface area contributed by atoms with Gasteiger partial charge in [-0.05, 0) is 30.1 Å². The fourth-order valence-electron chi connectivity index (χ4n) is 10.5. The van der Waals surface area contributed by atoms with Crippen molar-refractivity contribution in [2.45, 2.75) is 64.8 Å². The molecule has 1 atom stereocenters. The molecular weight excluding hydrogens is 1040 g/mol. The van der Waals surface area contributed by atoms with Crippen LogP contribution in [-0.2, 0) is 31.2 Å². The molecule has 0 saturated heterocycles. The molecule has 6 heteroatoms. The molecule has 0 amide bonds. The summed E-state index contributed by atoms with van der Waals surface area (Å²) in [6, 6.07) is 70.4. The average molecular weight is 1090 g/mol. The van der Waals surface area contributed by atoms with Crippen LogP contribution in [0, 0.1) is 22.8 Å². The zero-order valence-corrected chi connectivity index (χ0v) is 41.6. The van der Waals surface area contributed by atoms with Crippen molar-refractivity contribution in [2.75, 3.05) is 0 Å². The Morgan fingerprint density at radius 2 is 1.21 bits per heavy atom. The summed E-state index contributed by atoms with van der Waals surface area (Å²) in [5.41, 5.74) is 15.0. The van der Waals surface area contributed by atoms with Gasteiger partial charge in [0.05, 0.1) is 0 Å². The minimum Gasteiger partial charge on any atom is -0.238 e. The molecule has 1 aliphatic carbocycles. The smallest absolute Gasteiger partial charge is 0.238 e. The molecule has 5 nitrogen and oxygen atoms in total. The van der Waals surface area contributed by atoms with Crippen molar-refractivity contribution in [3.8, 4) is 56.4 Å². The van der Waals surface area contributed by atoms with Gasteiger partial charge in [-0.15, -0.1) is 0 Å². The van der Waals surface area contributed by atoms with Crippen LogP contribution < -0.4 is 4.74 Å². The molecule has 3 aromatic heterocycles. The molecule has 0 spiro atoms. The third-order valence-corrected chi connectivity index (χ3v) is 15.0. The quantitative estimate of drug-likeness (QED) is 0.112. The zero-order chi connectivity index (χ0) is 50.0. The number of nitrogens with zero attached hydrogens (tertiary/aromatic N) is 4. The van der Waals surface area contributed by atoms with Crippen molar-refractivity contribution in [2.24, 2.45) is 0 Å². The predicted octanol–water partition coefficient (Wildman–Crippen LogP) is 16.3. The van der Waals surface area contributed by atoms with Crippen molar-refractivity contribution in [3.63, 3.8) is 0 Å². The van der Waals surface area contributed by atoms with Crippen molar-refractivity contribution in [3.05, 3.63) is 226 Å². The first-order valence-electron chi connectivity index (χ1n) is 25.6. The minimum atomic E-state index is -2.38. The normalized spacial score (nSPS) is 14.8. The molecule has 346 valence electrons. The van der Waals surface area contributed by atoms with E-state index in [-0.39, 0.29) is 17.0 Å². The van der Waals surface area contributed by atoms with Gasteiger partial charge in [0.15, 0.2) is 0 Å². The van der Waals surface area contributed by atoms with Crippen LogP contribution in [0.2, 0.25) is 0 Å². The van der Waals surface area contributed by atoms with Crippen molar-refractivity contribution in [1.29, 1.82) is 0 Å². The van der Waals surface area contributed by atoms with E-state index < -0.39 is 6.85 Å². The number of aryl methyl sites for hydroxylation is 2. The molecule has 8 aromatic carbocycles. The van der Waals surface area contributed by atoms with Crippen molar-refractivity contribution < 1.29 is 28.2 Å². The Labute approximate surface area is 424 Å². The van der Waals surface area contributed by atoms with Crippen LogP contribution in [0.5, 0.6) is 11.5 Å².